The van der Waals surface area contributed by atoms with Crippen LogP contribution in [0, 0.1) is 30.1 Å². The summed E-state index contributed by atoms with van der Waals surface area (Å²) in [6.07, 6.45) is 10.3. The maximum atomic E-state index is 6.77. The molecule has 1 aromatic rings. The zero-order valence-electron chi connectivity index (χ0n) is 11.7. The van der Waals surface area contributed by atoms with Crippen LogP contribution >= 0.6 is 22.9 Å². The van der Waals surface area contributed by atoms with Crippen LogP contribution in [0.15, 0.2) is 12.1 Å². The predicted octanol–water partition coefficient (Wildman–Crippen LogP) is 5.94. The number of halogens is 1. The fourth-order valence-electron chi connectivity index (χ4n) is 5.64. The second kappa shape index (κ2) is 4.49. The topological polar surface area (TPSA) is 0 Å². The fourth-order valence-corrected chi connectivity index (χ4v) is 7.03. The first-order valence-corrected chi connectivity index (χ1v) is 9.08. The lowest BCUT2D eigenvalue weighted by atomic mass is 9.48. The van der Waals surface area contributed by atoms with Crippen molar-refractivity contribution in [2.75, 3.05) is 0 Å². The normalized spacial score (nSPS) is 41.7. The van der Waals surface area contributed by atoms with Gasteiger partial charge in [-0.25, -0.2) is 0 Å². The first-order valence-electron chi connectivity index (χ1n) is 7.82. The van der Waals surface area contributed by atoms with Gasteiger partial charge in [-0.15, -0.1) is 22.9 Å². The summed E-state index contributed by atoms with van der Waals surface area (Å²) in [5.41, 5.74) is 0.610. The van der Waals surface area contributed by atoms with Crippen LogP contribution in [0.3, 0.4) is 0 Å². The molecule has 4 aliphatic carbocycles. The van der Waals surface area contributed by atoms with E-state index in [-0.39, 0.29) is 5.38 Å². The van der Waals surface area contributed by atoms with Gasteiger partial charge in [-0.05, 0) is 87.2 Å². The van der Waals surface area contributed by atoms with Crippen molar-refractivity contribution >= 4 is 22.9 Å². The Morgan fingerprint density at radius 3 is 2.21 bits per heavy atom. The molecule has 1 unspecified atom stereocenters. The largest absolute Gasteiger partial charge is 0.144 e. The van der Waals surface area contributed by atoms with E-state index >= 15 is 0 Å². The molecule has 4 bridgehead atoms. The Bertz CT molecular complexity index is 440. The Hall–Kier alpha value is -0.0100. The molecule has 1 atom stereocenters. The van der Waals surface area contributed by atoms with E-state index in [1.54, 1.807) is 0 Å². The molecule has 1 heterocycles. The minimum atomic E-state index is 0.259. The summed E-state index contributed by atoms with van der Waals surface area (Å²) in [6.45, 7) is 2.18. The molecule has 4 aliphatic rings. The molecular formula is C17H23ClS. The molecule has 0 nitrogen and oxygen atoms in total. The minimum Gasteiger partial charge on any atom is -0.144 e. The summed E-state index contributed by atoms with van der Waals surface area (Å²) in [5, 5.41) is 0.259. The van der Waals surface area contributed by atoms with Crippen LogP contribution in [0.25, 0.3) is 0 Å². The Morgan fingerprint density at radius 1 is 1.16 bits per heavy atom. The number of hydrogen-bond donors (Lipinski definition) is 0. The molecule has 104 valence electrons. The lowest BCUT2D eigenvalue weighted by Crippen LogP contribution is -2.46. The van der Waals surface area contributed by atoms with E-state index in [1.807, 2.05) is 11.3 Å². The predicted molar refractivity (Wildman–Crippen MR) is 82.9 cm³/mol. The van der Waals surface area contributed by atoms with Gasteiger partial charge in [-0.1, -0.05) is 0 Å². The van der Waals surface area contributed by atoms with Crippen molar-refractivity contribution in [3.05, 3.63) is 21.9 Å². The van der Waals surface area contributed by atoms with Gasteiger partial charge in [0, 0.05) is 9.75 Å². The van der Waals surface area contributed by atoms with Crippen LogP contribution in [0.1, 0.15) is 60.1 Å². The highest BCUT2D eigenvalue weighted by Crippen LogP contribution is 2.63. The third-order valence-corrected chi connectivity index (χ3v) is 7.48. The van der Waals surface area contributed by atoms with Gasteiger partial charge in [0.15, 0.2) is 0 Å². The molecule has 0 amide bonds. The lowest BCUT2D eigenvalue weighted by Gasteiger charge is -2.57. The van der Waals surface area contributed by atoms with E-state index in [9.17, 15) is 0 Å². The second-order valence-corrected chi connectivity index (χ2v) is 9.38. The van der Waals surface area contributed by atoms with Crippen molar-refractivity contribution in [3.8, 4) is 0 Å². The van der Waals surface area contributed by atoms with E-state index in [4.69, 9.17) is 11.6 Å². The number of hydrogen-bond acceptors (Lipinski definition) is 1. The van der Waals surface area contributed by atoms with Crippen molar-refractivity contribution in [3.63, 3.8) is 0 Å². The summed E-state index contributed by atoms with van der Waals surface area (Å²) in [4.78, 5) is 2.79. The fraction of sp³-hybridized carbons (Fsp3) is 0.765. The Morgan fingerprint density at radius 2 is 1.74 bits per heavy atom. The summed E-state index contributed by atoms with van der Waals surface area (Å²) < 4.78 is 0. The maximum absolute atomic E-state index is 6.77. The lowest BCUT2D eigenvalue weighted by molar-refractivity contribution is -0.0575. The van der Waals surface area contributed by atoms with Gasteiger partial charge in [0.2, 0.25) is 0 Å². The monoisotopic (exact) mass is 294 g/mol. The van der Waals surface area contributed by atoms with Gasteiger partial charge < -0.3 is 0 Å². The Kier molecular flexibility index (Phi) is 3.01. The SMILES string of the molecule is Cc1ccc(C(Cl)CC23CC4CC(CC(C4)C2)C3)s1. The van der Waals surface area contributed by atoms with Crippen molar-refractivity contribution in [2.45, 2.75) is 57.2 Å². The summed E-state index contributed by atoms with van der Waals surface area (Å²) in [5.74, 6) is 3.13. The number of aryl methyl sites for hydroxylation is 1. The molecule has 0 aliphatic heterocycles. The molecule has 0 spiro atoms. The van der Waals surface area contributed by atoms with E-state index in [2.05, 4.69) is 19.1 Å². The van der Waals surface area contributed by atoms with Crippen LogP contribution in [0.4, 0.5) is 0 Å². The van der Waals surface area contributed by atoms with Gasteiger partial charge in [0.05, 0.1) is 5.38 Å². The second-order valence-electron chi connectivity index (χ2n) is 7.54. The van der Waals surface area contributed by atoms with Gasteiger partial charge in [-0.3, -0.25) is 0 Å². The molecule has 4 fully saturated rings. The molecule has 0 radical (unpaired) electrons. The summed E-state index contributed by atoms with van der Waals surface area (Å²) in [6, 6.07) is 4.47. The van der Waals surface area contributed by atoms with Crippen molar-refractivity contribution < 1.29 is 0 Å². The molecule has 5 rings (SSSR count). The maximum Gasteiger partial charge on any atom is 0.0684 e. The molecule has 1 aromatic heterocycles. The smallest absolute Gasteiger partial charge is 0.0684 e. The van der Waals surface area contributed by atoms with Gasteiger partial charge >= 0.3 is 0 Å². The molecule has 0 saturated heterocycles. The number of rotatable bonds is 3. The van der Waals surface area contributed by atoms with Crippen molar-refractivity contribution in [1.82, 2.24) is 0 Å². The molecule has 2 heteroatoms. The molecule has 19 heavy (non-hydrogen) atoms. The van der Waals surface area contributed by atoms with Crippen molar-refractivity contribution in [2.24, 2.45) is 23.2 Å². The quantitative estimate of drug-likeness (QED) is 0.605. The molecule has 0 aromatic carbocycles. The standard InChI is InChI=1S/C17H23ClS/c1-11-2-3-16(19-11)15(18)10-17-7-12-4-13(8-17)6-14(5-12)9-17/h2-3,12-15H,4-10H2,1H3. The Balaban J connectivity index is 1.53. The van der Waals surface area contributed by atoms with E-state index in [1.165, 1.54) is 54.7 Å². The van der Waals surface area contributed by atoms with E-state index < -0.39 is 0 Å². The van der Waals surface area contributed by atoms with E-state index in [0.29, 0.717) is 5.41 Å². The number of thiophene rings is 1. The van der Waals surface area contributed by atoms with Crippen LogP contribution in [0.5, 0.6) is 0 Å². The molecular weight excluding hydrogens is 272 g/mol. The van der Waals surface area contributed by atoms with Crippen LogP contribution in [-0.2, 0) is 0 Å². The minimum absolute atomic E-state index is 0.259. The van der Waals surface area contributed by atoms with Gasteiger partial charge in [0.1, 0.15) is 0 Å². The Labute approximate surface area is 125 Å². The van der Waals surface area contributed by atoms with Crippen LogP contribution < -0.4 is 0 Å². The summed E-state index contributed by atoms with van der Waals surface area (Å²) in [7, 11) is 0. The average molecular weight is 295 g/mol. The molecule has 4 saturated carbocycles. The zero-order valence-corrected chi connectivity index (χ0v) is 13.3. The van der Waals surface area contributed by atoms with Gasteiger partial charge in [-0.2, -0.15) is 0 Å². The first kappa shape index (κ1) is 12.7. The van der Waals surface area contributed by atoms with E-state index in [0.717, 1.165) is 17.8 Å². The van der Waals surface area contributed by atoms with Crippen molar-refractivity contribution in [1.29, 1.82) is 0 Å². The zero-order chi connectivity index (χ0) is 13.0. The molecule has 0 N–H and O–H groups in total. The van der Waals surface area contributed by atoms with Gasteiger partial charge in [0.25, 0.3) is 0 Å². The van der Waals surface area contributed by atoms with Crippen LogP contribution in [0.2, 0.25) is 0 Å². The highest BCUT2D eigenvalue weighted by atomic mass is 35.5. The highest BCUT2D eigenvalue weighted by molar-refractivity contribution is 7.12. The first-order chi connectivity index (χ1) is 9.12. The number of alkyl halides is 1. The summed E-state index contributed by atoms with van der Waals surface area (Å²) >= 11 is 8.66. The third-order valence-electron chi connectivity index (χ3n) is 5.85. The highest BCUT2D eigenvalue weighted by Gasteiger charge is 2.51. The third kappa shape index (κ3) is 2.27. The van der Waals surface area contributed by atoms with Crippen LogP contribution in [-0.4, -0.2) is 0 Å². The average Bonchev–Trinajstić information content (AvgIpc) is 2.73.